The number of allylic oxidation sites excluding steroid dienone is 2. The molecule has 0 unspecified atom stereocenters. The number of rotatable bonds is 18. The van der Waals surface area contributed by atoms with Gasteiger partial charge in [-0.25, -0.2) is 0 Å². The molecule has 610 valence electrons. The zero-order chi connectivity index (χ0) is 77.3. The third-order valence-corrected chi connectivity index (χ3v) is 27.3. The van der Waals surface area contributed by atoms with Gasteiger partial charge in [0.05, 0.1) is 56.8 Å². The van der Waals surface area contributed by atoms with E-state index in [1.165, 1.54) is 19.4 Å². The largest absolute Gasteiger partial charge is 0.432 e. The summed E-state index contributed by atoms with van der Waals surface area (Å²) in [6.45, 7) is 15.1. The Morgan fingerprint density at radius 2 is 0.925 bits per heavy atom. The maximum atomic E-state index is 15.4. The Bertz CT molecular complexity index is 3000. The van der Waals surface area contributed by atoms with E-state index >= 15 is 4.79 Å². The van der Waals surface area contributed by atoms with Crippen LogP contribution in [-0.4, -0.2) is 356 Å². The van der Waals surface area contributed by atoms with Crippen molar-refractivity contribution in [3.63, 3.8) is 0 Å². The van der Waals surface area contributed by atoms with Crippen LogP contribution in [0.5, 0.6) is 0 Å². The highest BCUT2D eigenvalue weighted by atomic mass is 16.8. The van der Waals surface area contributed by atoms with Crippen molar-refractivity contribution in [3.05, 3.63) is 11.6 Å². The Balaban J connectivity index is 0.698. The van der Waals surface area contributed by atoms with Crippen LogP contribution in [0.3, 0.4) is 0 Å². The Kier molecular flexibility index (Phi) is 24.8. The molecule has 7 aliphatic heterocycles. The number of aliphatic hydroxyl groups excluding tert-OH is 20. The zero-order valence-electron chi connectivity index (χ0n) is 61.2. The van der Waals surface area contributed by atoms with Gasteiger partial charge in [-0.2, -0.15) is 0 Å². The minimum atomic E-state index is -2.01. The molecule has 0 aromatic heterocycles. The highest BCUT2D eigenvalue weighted by Crippen LogP contribution is 2.76. The van der Waals surface area contributed by atoms with Crippen molar-refractivity contribution in [2.45, 2.75) is 341 Å². The van der Waals surface area contributed by atoms with Crippen molar-refractivity contribution < 1.29 is 173 Å². The van der Waals surface area contributed by atoms with E-state index in [2.05, 4.69) is 54.5 Å². The fourth-order valence-electron chi connectivity index (χ4n) is 20.5. The van der Waals surface area contributed by atoms with E-state index < -0.39 is 264 Å². The van der Waals surface area contributed by atoms with Crippen LogP contribution in [0.2, 0.25) is 0 Å². The van der Waals surface area contributed by atoms with E-state index in [-0.39, 0.29) is 40.6 Å². The molecule has 0 spiro atoms. The number of hydrogen-bond acceptors (Lipinski definition) is 35. The average Bonchev–Trinajstić information content (AvgIpc) is 0.674. The summed E-state index contributed by atoms with van der Waals surface area (Å²) >= 11 is 0. The second-order valence-electron chi connectivity index (χ2n) is 34.3. The number of ether oxygens (including phenoxy) is 14. The molecule has 12 aliphatic rings. The molecule has 0 aromatic rings. The lowest BCUT2D eigenvalue weighted by Gasteiger charge is -2.71. The molecule has 0 aromatic carbocycles. The molecule has 12 rings (SSSR count). The van der Waals surface area contributed by atoms with Gasteiger partial charge >= 0.3 is 5.97 Å². The summed E-state index contributed by atoms with van der Waals surface area (Å²) in [5, 5.41) is 218. The van der Waals surface area contributed by atoms with Gasteiger partial charge in [0, 0.05) is 0 Å². The minimum Gasteiger partial charge on any atom is -0.432 e. The lowest BCUT2D eigenvalue weighted by molar-refractivity contribution is -0.382. The first-order valence-corrected chi connectivity index (χ1v) is 37.5. The second kappa shape index (κ2) is 31.6. The molecule has 11 fully saturated rings. The van der Waals surface area contributed by atoms with Crippen LogP contribution >= 0.6 is 0 Å². The molecular weight excluding hydrogens is 1410 g/mol. The second-order valence-corrected chi connectivity index (χ2v) is 34.3. The summed E-state index contributed by atoms with van der Waals surface area (Å²) in [6.07, 6.45) is -49.3. The summed E-state index contributed by atoms with van der Waals surface area (Å²) in [7, 11) is 0. The van der Waals surface area contributed by atoms with Gasteiger partial charge in [0.25, 0.3) is 0 Å². The maximum absolute atomic E-state index is 15.4. The number of carbonyl (C=O) groups is 1. The molecule has 106 heavy (non-hydrogen) atoms. The van der Waals surface area contributed by atoms with Gasteiger partial charge in [0.1, 0.15) is 153 Å². The first-order valence-electron chi connectivity index (χ1n) is 37.5. The summed E-state index contributed by atoms with van der Waals surface area (Å²) in [5.41, 5.74) is -1.70. The normalized spacial score (nSPS) is 54.6. The molecule has 7 heterocycles. The number of carbonyl (C=O) groups excluding carboxylic acids is 1. The Hall–Kier alpha value is -2.11. The van der Waals surface area contributed by atoms with Crippen molar-refractivity contribution in [1.82, 2.24) is 0 Å². The van der Waals surface area contributed by atoms with E-state index in [1.54, 1.807) is 0 Å². The van der Waals surface area contributed by atoms with Crippen LogP contribution in [0.15, 0.2) is 11.6 Å². The fourth-order valence-corrected chi connectivity index (χ4v) is 20.5. The Morgan fingerprint density at radius 3 is 1.48 bits per heavy atom. The molecule has 5 aliphatic carbocycles. The summed E-state index contributed by atoms with van der Waals surface area (Å²) in [4.78, 5) is 15.4. The molecule has 35 heteroatoms. The highest BCUT2D eigenvalue weighted by Gasteiger charge is 2.71. The van der Waals surface area contributed by atoms with E-state index in [0.29, 0.717) is 44.9 Å². The predicted molar refractivity (Wildman–Crippen MR) is 352 cm³/mol. The van der Waals surface area contributed by atoms with Crippen molar-refractivity contribution in [2.24, 2.45) is 50.2 Å². The van der Waals surface area contributed by atoms with Crippen molar-refractivity contribution in [2.75, 3.05) is 33.0 Å². The van der Waals surface area contributed by atoms with Gasteiger partial charge in [0.2, 0.25) is 6.29 Å². The summed E-state index contributed by atoms with van der Waals surface area (Å²) in [5.74, 6) is -0.764. The first kappa shape index (κ1) is 83.3. The number of hydrogen-bond donors (Lipinski definition) is 20. The lowest BCUT2D eigenvalue weighted by Crippen LogP contribution is -2.66. The molecule has 35 nitrogen and oxygen atoms in total. The van der Waals surface area contributed by atoms with Gasteiger partial charge in [-0.05, 0) is 123 Å². The van der Waals surface area contributed by atoms with E-state index in [9.17, 15) is 102 Å². The number of aliphatic hydroxyl groups is 20. The van der Waals surface area contributed by atoms with Crippen molar-refractivity contribution in [3.8, 4) is 0 Å². The molecule has 20 N–H and O–H groups in total. The standard InChI is InChI=1S/C71H116O35/c1-26-38(76)55(103-59-48(86)44(82)41(79)31(21-72)97-59)52(90)62(95-26)102-54-33(23-74)99-58(51(89)47(54)85)94-25-34-43(81)46(84)50(88)61(100-34)106-65(92)71-18-16-66(3,4)20-29(71)28-10-11-36-68(7)14-13-37(67(5,6)35(68)12-15-70(36,9)69(28,8)17-19-71)101-64-57(40(78)30(75)24-93-64)105-63-53(91)56(39(77)27(2)96-63)104-60-49(87)45(83)42(80)32(22-73)98-60/h10,26-27,29-64,72-91H,11-25H2,1-9H3/t26-,27-,29-,30-,31+,32+,33+,34+,35-,36+,37-,38-,39-,40-,41+,42+,43+,44-,45-,46-,47+,48+,49+,50+,51+,52+,53+,54+,55+,56+,57+,58+,59-,60-,61-,62-,63-,64-,68-,69+,70+,71-/m0/s1. The molecule has 7 saturated heterocycles. The topological polar surface area (TPSA) is 551 Å². The van der Waals surface area contributed by atoms with Crippen molar-refractivity contribution >= 4 is 5.97 Å². The third kappa shape index (κ3) is 14.6. The number of fused-ring (bicyclic) bond motifs is 7. The van der Waals surface area contributed by atoms with Gasteiger partial charge < -0.3 is 168 Å². The van der Waals surface area contributed by atoms with E-state index in [4.69, 9.17) is 66.3 Å². The third-order valence-electron chi connectivity index (χ3n) is 27.3. The van der Waals surface area contributed by atoms with Crippen LogP contribution in [0.4, 0.5) is 0 Å². The molecule has 4 saturated carbocycles. The number of esters is 1. The Labute approximate surface area is 613 Å². The van der Waals surface area contributed by atoms with Gasteiger partial charge in [-0.1, -0.05) is 60.1 Å². The predicted octanol–water partition coefficient (Wildman–Crippen LogP) is -5.87. The summed E-state index contributed by atoms with van der Waals surface area (Å²) < 4.78 is 83.3. The lowest BCUT2D eigenvalue weighted by atomic mass is 9.33. The highest BCUT2D eigenvalue weighted by molar-refractivity contribution is 5.79. The van der Waals surface area contributed by atoms with Crippen molar-refractivity contribution in [1.29, 1.82) is 0 Å². The Morgan fingerprint density at radius 1 is 0.443 bits per heavy atom. The molecule has 0 radical (unpaired) electrons. The van der Waals surface area contributed by atoms with Crippen LogP contribution in [0, 0.1) is 50.2 Å². The first-order chi connectivity index (χ1) is 49.7. The molecule has 0 amide bonds. The van der Waals surface area contributed by atoms with Gasteiger partial charge in [-0.15, -0.1) is 0 Å². The van der Waals surface area contributed by atoms with Crippen LogP contribution in [-0.2, 0) is 71.1 Å². The fraction of sp³-hybridized carbons (Fsp3) is 0.958. The quantitative estimate of drug-likeness (QED) is 0.0345. The van der Waals surface area contributed by atoms with E-state index in [1.807, 2.05) is 0 Å². The van der Waals surface area contributed by atoms with Crippen LogP contribution < -0.4 is 0 Å². The average molecular weight is 1530 g/mol. The zero-order valence-corrected chi connectivity index (χ0v) is 61.2. The maximum Gasteiger partial charge on any atom is 0.315 e. The molecule has 0 bridgehead atoms. The molecule has 42 atom stereocenters. The smallest absolute Gasteiger partial charge is 0.315 e. The summed E-state index contributed by atoms with van der Waals surface area (Å²) in [6, 6.07) is 0. The van der Waals surface area contributed by atoms with Gasteiger partial charge in [0.15, 0.2) is 37.7 Å². The van der Waals surface area contributed by atoms with Gasteiger partial charge in [-0.3, -0.25) is 4.79 Å². The van der Waals surface area contributed by atoms with Crippen LogP contribution in [0.1, 0.15) is 127 Å². The van der Waals surface area contributed by atoms with Crippen LogP contribution in [0.25, 0.3) is 0 Å². The monoisotopic (exact) mass is 1530 g/mol. The van der Waals surface area contributed by atoms with E-state index in [0.717, 1.165) is 19.3 Å². The molecular formula is C71H116O35. The SMILES string of the molecule is C[C@@H]1O[C@@H](O[C@H]2[C@H](O[C@H]3CC[C@]4(C)[C@H]5CC=C6[C@@H]7CC(C)(C)CC[C@]7(C(=O)O[C@@H]7O[C@H](CO[C@@H]8O[C@H](CO)[C@@H](O[C@@H]9O[C@@H](C)[C@H](O)[C@@H](O[C@@H]%10O[C@H](CO)[C@@H](O)[C@H](O)[C@H]%10O)[C@H]9O)[C@H](O)[C@H]8O)[C@@H](O)[C@H](O)[C@H]7O)CC[C@@]6(C)[C@]5(C)CC[C@H]4C3(C)C)OC[C@H](O)[C@@H]2O)[C@H](O)[C@H](O[C@@H]2O[C@H](CO)[C@@H](O)[C@H](O)[C@H]2O)[C@H]1O. The minimum absolute atomic E-state index is 0.0727.